The van der Waals surface area contributed by atoms with Crippen molar-refractivity contribution in [2.45, 2.75) is 64.4 Å². The summed E-state index contributed by atoms with van der Waals surface area (Å²) in [6.07, 6.45) is -3.77. The van der Waals surface area contributed by atoms with E-state index in [-0.39, 0.29) is 33.0 Å². The van der Waals surface area contributed by atoms with Gasteiger partial charge in [-0.25, -0.2) is 4.79 Å². The van der Waals surface area contributed by atoms with Gasteiger partial charge in [-0.1, -0.05) is 152 Å². The van der Waals surface area contributed by atoms with Crippen molar-refractivity contribution in [3.8, 4) is 0 Å². The summed E-state index contributed by atoms with van der Waals surface area (Å²) in [6.45, 7) is 2.07. The number of hydrogen-bond acceptors (Lipinski definition) is 7. The Bertz CT molecular complexity index is 1760. The Hall–Kier alpha value is -5.32. The summed E-state index contributed by atoms with van der Waals surface area (Å²) in [6, 6.07) is 48.2. The Labute approximate surface area is 311 Å². The van der Waals surface area contributed by atoms with Crippen LogP contribution >= 0.6 is 0 Å². The average molecular weight is 718 g/mol. The molecule has 1 amide bonds. The second-order valence-electron chi connectivity index (χ2n) is 12.7. The Balaban J connectivity index is 1.49. The number of carboxylic acid groups (broad SMARTS) is 1. The third kappa shape index (κ3) is 13.3. The molecule has 0 bridgehead atoms. The molecule has 0 radical (unpaired) electrons. The number of benzene rings is 5. The fourth-order valence-electron chi connectivity index (χ4n) is 5.76. The normalized spacial score (nSPS) is 13.4. The van der Waals surface area contributed by atoms with Crippen LogP contribution < -0.4 is 0 Å². The SMILES string of the molecule is C[C@H](OCc1ccccc1)[C@H](OCc1ccccc1)[C@@H](OCc1ccccc1)[C@H](CN(CC(=O)O)C(=O)OCc1ccccc1)OCc1ccccc1. The van der Waals surface area contributed by atoms with E-state index < -0.39 is 43.0 Å². The van der Waals surface area contributed by atoms with Crippen LogP contribution in [0.25, 0.3) is 0 Å². The van der Waals surface area contributed by atoms with E-state index in [4.69, 9.17) is 23.7 Å². The molecule has 0 heterocycles. The van der Waals surface area contributed by atoms with Gasteiger partial charge in [0.25, 0.3) is 0 Å². The number of aliphatic carboxylic acids is 1. The van der Waals surface area contributed by atoms with Crippen molar-refractivity contribution >= 4 is 12.1 Å². The number of amides is 1. The Morgan fingerprint density at radius 3 is 1.28 bits per heavy atom. The molecule has 1 N–H and O–H groups in total. The van der Waals surface area contributed by atoms with Crippen molar-refractivity contribution in [3.63, 3.8) is 0 Å². The maximum absolute atomic E-state index is 13.6. The van der Waals surface area contributed by atoms with E-state index >= 15 is 0 Å². The van der Waals surface area contributed by atoms with Crippen LogP contribution in [0.4, 0.5) is 4.79 Å². The van der Waals surface area contributed by atoms with Gasteiger partial charge in [-0.15, -0.1) is 0 Å². The molecule has 5 aromatic carbocycles. The van der Waals surface area contributed by atoms with E-state index in [1.807, 2.05) is 159 Å². The van der Waals surface area contributed by atoms with E-state index in [0.717, 1.165) is 32.7 Å². The Morgan fingerprint density at radius 2 is 0.868 bits per heavy atom. The lowest BCUT2D eigenvalue weighted by Crippen LogP contribution is -2.53. The predicted octanol–water partition coefficient (Wildman–Crippen LogP) is 8.07. The standard InChI is InChI=1S/C44H47NO8/c1-34(49-29-35-17-7-2-8-18-35)42(51-31-37-21-11-4-12-22-37)43(52-32-38-23-13-5-14-24-38)40(50-30-36-19-9-3-10-20-36)27-45(28-41(46)47)44(48)53-33-39-25-15-6-16-26-39/h2-26,34,40,42-43H,27-33H2,1H3,(H,46,47)/t34-,40-,42-,43-/m0/s1. The summed E-state index contributed by atoms with van der Waals surface area (Å²) in [5, 5.41) is 9.95. The van der Waals surface area contributed by atoms with Gasteiger partial charge in [-0.3, -0.25) is 9.69 Å². The predicted molar refractivity (Wildman–Crippen MR) is 202 cm³/mol. The van der Waals surface area contributed by atoms with Gasteiger partial charge >= 0.3 is 12.1 Å². The lowest BCUT2D eigenvalue weighted by atomic mass is 10.0. The quantitative estimate of drug-likeness (QED) is 0.0813. The number of carbonyl (C=O) groups is 2. The summed E-state index contributed by atoms with van der Waals surface area (Å²) < 4.78 is 32.2. The van der Waals surface area contributed by atoms with E-state index in [1.54, 1.807) is 0 Å². The molecule has 5 aromatic rings. The topological polar surface area (TPSA) is 104 Å². The van der Waals surface area contributed by atoms with Crippen molar-refractivity contribution < 1.29 is 38.4 Å². The molecule has 4 atom stereocenters. The van der Waals surface area contributed by atoms with Crippen LogP contribution in [-0.2, 0) is 61.5 Å². The Kier molecular flexibility index (Phi) is 15.6. The second kappa shape index (κ2) is 21.3. The fourth-order valence-corrected chi connectivity index (χ4v) is 5.76. The molecule has 0 saturated heterocycles. The van der Waals surface area contributed by atoms with E-state index in [9.17, 15) is 14.7 Å². The van der Waals surface area contributed by atoms with Crippen LogP contribution in [-0.4, -0.2) is 59.6 Å². The monoisotopic (exact) mass is 717 g/mol. The van der Waals surface area contributed by atoms with Gasteiger partial charge in [0.2, 0.25) is 0 Å². The maximum atomic E-state index is 13.6. The van der Waals surface area contributed by atoms with Gasteiger partial charge in [0.15, 0.2) is 0 Å². The number of rotatable bonds is 21. The van der Waals surface area contributed by atoms with E-state index in [1.165, 1.54) is 0 Å². The van der Waals surface area contributed by atoms with Crippen LogP contribution in [0.1, 0.15) is 34.7 Å². The molecular formula is C44H47NO8. The van der Waals surface area contributed by atoms with Crippen LogP contribution in [0, 0.1) is 0 Å². The van der Waals surface area contributed by atoms with Crippen LogP contribution in [0.15, 0.2) is 152 Å². The second-order valence-corrected chi connectivity index (χ2v) is 12.7. The summed E-state index contributed by atoms with van der Waals surface area (Å²) in [5.74, 6) is -1.19. The first-order valence-electron chi connectivity index (χ1n) is 17.7. The summed E-state index contributed by atoms with van der Waals surface area (Å²) in [4.78, 5) is 27.0. The van der Waals surface area contributed by atoms with Gasteiger partial charge in [0.1, 0.15) is 31.5 Å². The van der Waals surface area contributed by atoms with Crippen LogP contribution in [0.3, 0.4) is 0 Å². The maximum Gasteiger partial charge on any atom is 0.410 e. The van der Waals surface area contributed by atoms with Crippen molar-refractivity contribution in [2.24, 2.45) is 0 Å². The highest BCUT2D eigenvalue weighted by molar-refractivity contribution is 5.76. The number of hydrogen-bond donors (Lipinski definition) is 1. The number of nitrogens with zero attached hydrogens (tertiary/aromatic N) is 1. The highest BCUT2D eigenvalue weighted by Gasteiger charge is 2.39. The van der Waals surface area contributed by atoms with Crippen molar-refractivity contribution in [1.82, 2.24) is 4.90 Å². The summed E-state index contributed by atoms with van der Waals surface area (Å²) >= 11 is 0. The lowest BCUT2D eigenvalue weighted by Gasteiger charge is -2.38. The van der Waals surface area contributed by atoms with Gasteiger partial charge in [0.05, 0.1) is 39.1 Å². The molecule has 0 aliphatic heterocycles. The minimum Gasteiger partial charge on any atom is -0.480 e. The van der Waals surface area contributed by atoms with Gasteiger partial charge in [-0.05, 0) is 34.7 Å². The molecule has 0 aliphatic rings. The Morgan fingerprint density at radius 1 is 0.509 bits per heavy atom. The molecule has 0 aliphatic carbocycles. The first kappa shape index (κ1) is 38.9. The zero-order valence-corrected chi connectivity index (χ0v) is 29.9. The first-order chi connectivity index (χ1) is 25.9. The largest absolute Gasteiger partial charge is 0.480 e. The average Bonchev–Trinajstić information content (AvgIpc) is 3.20. The third-order valence-corrected chi connectivity index (χ3v) is 8.58. The first-order valence-corrected chi connectivity index (χ1v) is 17.7. The van der Waals surface area contributed by atoms with Gasteiger partial charge in [-0.2, -0.15) is 0 Å². The van der Waals surface area contributed by atoms with Crippen molar-refractivity contribution in [3.05, 3.63) is 179 Å². The van der Waals surface area contributed by atoms with Gasteiger partial charge < -0.3 is 28.8 Å². The summed E-state index contributed by atoms with van der Waals surface area (Å²) in [7, 11) is 0. The molecule has 276 valence electrons. The highest BCUT2D eigenvalue weighted by Crippen LogP contribution is 2.24. The number of carboxylic acids is 1. The molecular weight excluding hydrogens is 670 g/mol. The molecule has 5 rings (SSSR count). The molecule has 0 aromatic heterocycles. The van der Waals surface area contributed by atoms with Gasteiger partial charge in [0, 0.05) is 0 Å². The molecule has 0 unspecified atom stereocenters. The third-order valence-electron chi connectivity index (χ3n) is 8.58. The van der Waals surface area contributed by atoms with E-state index in [2.05, 4.69) is 0 Å². The minimum absolute atomic E-state index is 0.0214. The van der Waals surface area contributed by atoms with Crippen molar-refractivity contribution in [1.29, 1.82) is 0 Å². The summed E-state index contributed by atoms with van der Waals surface area (Å²) in [5.41, 5.74) is 4.53. The lowest BCUT2D eigenvalue weighted by molar-refractivity contribution is -0.189. The van der Waals surface area contributed by atoms with E-state index in [0.29, 0.717) is 6.61 Å². The minimum atomic E-state index is -1.19. The van der Waals surface area contributed by atoms with Crippen molar-refractivity contribution in [2.75, 3.05) is 13.1 Å². The van der Waals surface area contributed by atoms with Crippen LogP contribution in [0.2, 0.25) is 0 Å². The molecule has 0 saturated carbocycles. The molecule has 0 spiro atoms. The van der Waals surface area contributed by atoms with Crippen LogP contribution in [0.5, 0.6) is 0 Å². The number of carbonyl (C=O) groups excluding carboxylic acids is 1. The molecule has 9 nitrogen and oxygen atoms in total. The highest BCUT2D eigenvalue weighted by atomic mass is 16.6. The smallest absolute Gasteiger partial charge is 0.410 e. The molecule has 53 heavy (non-hydrogen) atoms. The zero-order valence-electron chi connectivity index (χ0n) is 29.9. The fraction of sp³-hybridized carbons (Fsp3) is 0.273. The zero-order chi connectivity index (χ0) is 37.1. The molecule has 9 heteroatoms. The number of ether oxygens (including phenoxy) is 5. The molecule has 0 fully saturated rings.